The molecule has 0 aliphatic rings. The van der Waals surface area contributed by atoms with Gasteiger partial charge in [0.2, 0.25) is 6.17 Å². The van der Waals surface area contributed by atoms with Crippen molar-refractivity contribution >= 4 is 18.0 Å². The quantitative estimate of drug-likeness (QED) is 0.192. The molecule has 0 spiro atoms. The Bertz CT molecular complexity index is 213. The maximum Gasteiger partial charge on any atom is 0.384 e. The van der Waals surface area contributed by atoms with E-state index in [1.54, 1.807) is 10.6 Å². The minimum atomic E-state index is -1.61. The van der Waals surface area contributed by atoms with Gasteiger partial charge < -0.3 is 22.1 Å². The summed E-state index contributed by atoms with van der Waals surface area (Å²) < 4.78 is 0. The van der Waals surface area contributed by atoms with Crippen LogP contribution in [0.25, 0.3) is 0 Å². The smallest absolute Gasteiger partial charge is 0.352 e. The highest BCUT2D eigenvalue weighted by Crippen LogP contribution is 1.82. The molecule has 0 aromatic heterocycles. The van der Waals surface area contributed by atoms with Crippen LogP contribution in [0.4, 0.5) is 9.59 Å². The third kappa shape index (κ3) is 4.42. The van der Waals surface area contributed by atoms with Crippen molar-refractivity contribution in [2.24, 2.45) is 11.5 Å². The van der Waals surface area contributed by atoms with Gasteiger partial charge in [0.25, 0.3) is 0 Å². The molecule has 13 heavy (non-hydrogen) atoms. The summed E-state index contributed by atoms with van der Waals surface area (Å²) in [4.78, 5) is 34.3. The highest BCUT2D eigenvalue weighted by Gasteiger charge is 2.22. The number of carbonyl (C=O) groups is 3. The lowest BCUT2D eigenvalue weighted by molar-refractivity contribution is -0.236. The zero-order valence-corrected chi connectivity index (χ0v) is 6.31. The molecule has 7 N–H and O–H groups in total. The van der Waals surface area contributed by atoms with E-state index in [-0.39, 0.29) is 0 Å². The number of primary amides is 2. The maximum absolute atomic E-state index is 10.6. The Labute approximate surface area is 71.9 Å². The summed E-state index contributed by atoms with van der Waals surface area (Å²) in [5, 5.41) is 11.4. The standard InChI is InChI=1S/C4H8N4O5/c5-3(10)7-1(2(9)13-12)8-4(6)11/h1,12H,(H3,5,7,10)(H3,6,8,11). The van der Waals surface area contributed by atoms with Crippen LogP contribution >= 0.6 is 0 Å². The largest absolute Gasteiger partial charge is 0.384 e. The molecule has 0 aliphatic heterocycles. The summed E-state index contributed by atoms with van der Waals surface area (Å²) in [6.07, 6.45) is -1.61. The molecule has 0 radical (unpaired) electrons. The fourth-order valence-electron chi connectivity index (χ4n) is 0.491. The normalized spacial score (nSPS) is 9.08. The Morgan fingerprint density at radius 3 is 1.77 bits per heavy atom. The van der Waals surface area contributed by atoms with Gasteiger partial charge in [-0.05, 0) is 0 Å². The molecule has 0 saturated carbocycles. The van der Waals surface area contributed by atoms with E-state index in [0.717, 1.165) is 0 Å². The SMILES string of the molecule is NC(=O)NC(NC(N)=O)C(=O)OO. The molecule has 0 bridgehead atoms. The van der Waals surface area contributed by atoms with Crippen LogP contribution in [0.2, 0.25) is 0 Å². The number of hydrogen-bond donors (Lipinski definition) is 5. The first kappa shape index (κ1) is 11.0. The molecule has 0 aromatic carbocycles. The van der Waals surface area contributed by atoms with Crippen LogP contribution in [-0.2, 0) is 9.68 Å². The molecule has 9 heteroatoms. The van der Waals surface area contributed by atoms with Crippen molar-refractivity contribution in [3.8, 4) is 0 Å². The first-order valence-corrected chi connectivity index (χ1v) is 2.94. The lowest BCUT2D eigenvalue weighted by Gasteiger charge is -2.13. The summed E-state index contributed by atoms with van der Waals surface area (Å²) in [6, 6.07) is -2.19. The first-order valence-electron chi connectivity index (χ1n) is 2.94. The second-order valence-electron chi connectivity index (χ2n) is 1.86. The zero-order valence-electron chi connectivity index (χ0n) is 6.31. The van der Waals surface area contributed by atoms with Gasteiger partial charge in [0.05, 0.1) is 0 Å². The van der Waals surface area contributed by atoms with Gasteiger partial charge in [-0.15, -0.1) is 0 Å². The average molecular weight is 192 g/mol. The molecule has 0 unspecified atom stereocenters. The molecule has 0 rings (SSSR count). The highest BCUT2D eigenvalue weighted by molar-refractivity contribution is 5.86. The van der Waals surface area contributed by atoms with Crippen molar-refractivity contribution in [1.82, 2.24) is 10.6 Å². The fourth-order valence-corrected chi connectivity index (χ4v) is 0.491. The molecular formula is C4H8N4O5. The number of amides is 4. The molecular weight excluding hydrogens is 184 g/mol. The predicted molar refractivity (Wildman–Crippen MR) is 37.9 cm³/mol. The zero-order chi connectivity index (χ0) is 10.4. The van der Waals surface area contributed by atoms with Crippen molar-refractivity contribution in [1.29, 1.82) is 0 Å². The lowest BCUT2D eigenvalue weighted by Crippen LogP contribution is -2.56. The van der Waals surface area contributed by atoms with Crippen molar-refractivity contribution in [2.45, 2.75) is 6.17 Å². The van der Waals surface area contributed by atoms with E-state index >= 15 is 0 Å². The van der Waals surface area contributed by atoms with Gasteiger partial charge in [-0.1, -0.05) is 0 Å². The Kier molecular flexibility index (Phi) is 4.02. The third-order valence-electron chi connectivity index (χ3n) is 0.899. The van der Waals surface area contributed by atoms with Crippen molar-refractivity contribution < 1.29 is 24.5 Å². The van der Waals surface area contributed by atoms with E-state index < -0.39 is 24.2 Å². The van der Waals surface area contributed by atoms with Crippen LogP contribution in [0.3, 0.4) is 0 Å². The van der Waals surface area contributed by atoms with E-state index in [0.29, 0.717) is 0 Å². The van der Waals surface area contributed by atoms with E-state index in [4.69, 9.17) is 5.26 Å². The third-order valence-corrected chi connectivity index (χ3v) is 0.899. The monoisotopic (exact) mass is 192 g/mol. The number of rotatable bonds is 3. The van der Waals surface area contributed by atoms with Crippen LogP contribution in [0.1, 0.15) is 0 Å². The molecule has 0 aliphatic carbocycles. The molecule has 0 saturated heterocycles. The van der Waals surface area contributed by atoms with Gasteiger partial charge in [-0.25, -0.2) is 14.4 Å². The summed E-state index contributed by atoms with van der Waals surface area (Å²) in [6.45, 7) is 0. The summed E-state index contributed by atoms with van der Waals surface area (Å²) >= 11 is 0. The number of hydrogen-bond acceptors (Lipinski definition) is 5. The van der Waals surface area contributed by atoms with Gasteiger partial charge >= 0.3 is 18.0 Å². The molecule has 0 heterocycles. The van der Waals surface area contributed by atoms with E-state index in [1.165, 1.54) is 0 Å². The lowest BCUT2D eigenvalue weighted by atomic mass is 10.5. The second kappa shape index (κ2) is 4.77. The highest BCUT2D eigenvalue weighted by atomic mass is 17.1. The van der Waals surface area contributed by atoms with Gasteiger partial charge in [0.15, 0.2) is 0 Å². The van der Waals surface area contributed by atoms with E-state index in [2.05, 4.69) is 16.4 Å². The molecule has 0 atom stereocenters. The number of nitrogens with one attached hydrogen (secondary N) is 2. The Morgan fingerprint density at radius 1 is 1.15 bits per heavy atom. The van der Waals surface area contributed by atoms with Crippen LogP contribution in [-0.4, -0.2) is 29.5 Å². The van der Waals surface area contributed by atoms with Crippen molar-refractivity contribution in [3.05, 3.63) is 0 Å². The molecule has 9 nitrogen and oxygen atoms in total. The van der Waals surface area contributed by atoms with Crippen LogP contribution in [0, 0.1) is 0 Å². The minimum absolute atomic E-state index is 1.09. The van der Waals surface area contributed by atoms with E-state index in [9.17, 15) is 14.4 Å². The Morgan fingerprint density at radius 2 is 1.54 bits per heavy atom. The van der Waals surface area contributed by atoms with Gasteiger partial charge in [-0.2, -0.15) is 5.26 Å². The summed E-state index contributed by atoms with van der Waals surface area (Å²) in [5.41, 5.74) is 9.26. The van der Waals surface area contributed by atoms with Gasteiger partial charge in [-0.3, -0.25) is 4.89 Å². The fraction of sp³-hybridized carbons (Fsp3) is 0.250. The molecule has 74 valence electrons. The Hall–Kier alpha value is -2.03. The van der Waals surface area contributed by atoms with Crippen LogP contribution in [0.15, 0.2) is 0 Å². The molecule has 0 aromatic rings. The predicted octanol–water partition coefficient (Wildman–Crippen LogP) is -2.33. The number of urea groups is 2. The average Bonchev–Trinajstić information content (AvgIpc) is 2.00. The summed E-state index contributed by atoms with van der Waals surface area (Å²) in [5.74, 6) is -1.32. The topological polar surface area (TPSA) is 157 Å². The summed E-state index contributed by atoms with van der Waals surface area (Å²) in [7, 11) is 0. The van der Waals surface area contributed by atoms with Crippen molar-refractivity contribution in [3.63, 3.8) is 0 Å². The minimum Gasteiger partial charge on any atom is -0.352 e. The van der Waals surface area contributed by atoms with Gasteiger partial charge in [0.1, 0.15) is 0 Å². The van der Waals surface area contributed by atoms with Crippen LogP contribution < -0.4 is 22.1 Å². The van der Waals surface area contributed by atoms with Gasteiger partial charge in [0, 0.05) is 0 Å². The van der Waals surface area contributed by atoms with Crippen LogP contribution in [0.5, 0.6) is 0 Å². The second-order valence-corrected chi connectivity index (χ2v) is 1.86. The Balaban J connectivity index is 4.26. The maximum atomic E-state index is 10.6. The van der Waals surface area contributed by atoms with E-state index in [1.807, 2.05) is 0 Å². The van der Waals surface area contributed by atoms with Crippen molar-refractivity contribution in [2.75, 3.05) is 0 Å². The first-order chi connectivity index (χ1) is 5.97. The number of nitrogens with two attached hydrogens (primary N) is 2. The molecule has 4 amide bonds. The molecule has 0 fully saturated rings. The number of carbonyl (C=O) groups excluding carboxylic acids is 3.